The minimum Gasteiger partial charge on any atom is -0.593 e. The van der Waals surface area contributed by atoms with Crippen LogP contribution in [0.25, 0.3) is 6.08 Å². The Morgan fingerprint density at radius 3 is 2.58 bits per heavy atom. The summed E-state index contributed by atoms with van der Waals surface area (Å²) in [6.45, 7) is 5.14. The lowest BCUT2D eigenvalue weighted by Gasteiger charge is -2.34. The van der Waals surface area contributed by atoms with Gasteiger partial charge in [-0.2, -0.15) is 0 Å². The van der Waals surface area contributed by atoms with Gasteiger partial charge in [-0.3, -0.25) is 19.8 Å². The van der Waals surface area contributed by atoms with Crippen molar-refractivity contribution >= 4 is 35.1 Å². The molecule has 1 aromatic rings. The maximum Gasteiger partial charge on any atom is 0.253 e. The number of hydrogen-bond donors (Lipinski definition) is 3. The fourth-order valence-corrected chi connectivity index (χ4v) is 6.35. The zero-order chi connectivity index (χ0) is 25.7. The third-order valence-electron chi connectivity index (χ3n) is 7.48. The lowest BCUT2D eigenvalue weighted by molar-refractivity contribution is -0.240. The predicted molar refractivity (Wildman–Crippen MR) is 140 cm³/mol. The number of aryl methyl sites for hydroxylation is 2. The topological polar surface area (TPSA) is 126 Å². The second kappa shape index (κ2) is 11.9. The Morgan fingerprint density at radius 1 is 1.28 bits per heavy atom. The van der Waals surface area contributed by atoms with Crippen molar-refractivity contribution in [1.82, 2.24) is 14.9 Å². The molecule has 3 N–H and O–H groups in total. The van der Waals surface area contributed by atoms with Crippen molar-refractivity contribution < 1.29 is 24.3 Å². The fraction of sp³-hybridized carbons (Fsp3) is 0.577. The number of carbonyl (C=O) groups excluding carboxylic acids is 2. The molecule has 2 aliphatic heterocycles. The van der Waals surface area contributed by atoms with Gasteiger partial charge in [0.05, 0.1) is 18.0 Å². The van der Waals surface area contributed by atoms with Gasteiger partial charge in [-0.15, -0.1) is 4.31 Å². The van der Waals surface area contributed by atoms with Gasteiger partial charge in [0, 0.05) is 31.1 Å². The number of rotatable bonds is 8. The third kappa shape index (κ3) is 6.00. The molecule has 10 heteroatoms. The molecule has 0 radical (unpaired) electrons. The summed E-state index contributed by atoms with van der Waals surface area (Å²) in [6.07, 6.45) is 8.82. The van der Waals surface area contributed by atoms with Crippen molar-refractivity contribution in [2.75, 3.05) is 26.2 Å². The number of hydrogen-bond acceptors (Lipinski definition) is 7. The zero-order valence-corrected chi connectivity index (χ0v) is 21.9. The summed E-state index contributed by atoms with van der Waals surface area (Å²) in [5, 5.41) is 15.8. The Hall–Kier alpha value is -2.24. The summed E-state index contributed by atoms with van der Waals surface area (Å²) in [6, 6.07) is 3.58. The van der Waals surface area contributed by atoms with E-state index in [9.17, 15) is 14.1 Å². The maximum atomic E-state index is 13.0. The van der Waals surface area contributed by atoms with Crippen molar-refractivity contribution in [3.05, 3.63) is 39.8 Å². The molecule has 0 bridgehead atoms. The monoisotopic (exact) mass is 516 g/mol. The van der Waals surface area contributed by atoms with Crippen LogP contribution in [-0.2, 0) is 21.0 Å². The van der Waals surface area contributed by atoms with Gasteiger partial charge in [0.15, 0.2) is 0 Å². The van der Waals surface area contributed by atoms with Crippen LogP contribution in [0.1, 0.15) is 72.0 Å². The summed E-state index contributed by atoms with van der Waals surface area (Å²) in [5.41, 5.74) is 2.53. The first-order valence-electron chi connectivity index (χ1n) is 12.7. The van der Waals surface area contributed by atoms with Crippen LogP contribution in [0.15, 0.2) is 22.5 Å². The number of nitrogens with zero attached hydrogens (tertiary/aromatic N) is 2. The highest BCUT2D eigenvalue weighted by atomic mass is 32.2. The normalized spacial score (nSPS) is 21.6. The molecule has 3 aliphatic rings. The van der Waals surface area contributed by atoms with E-state index in [2.05, 4.69) is 15.5 Å². The summed E-state index contributed by atoms with van der Waals surface area (Å²) < 4.78 is 14.9. The van der Waals surface area contributed by atoms with Crippen molar-refractivity contribution in [3.8, 4) is 0 Å². The standard InChI is InChI=1S/C26H36N4O5S/c1-18-16-21(24(31)27-11-14-35-33)17-19(2)22(18)8-15-36(34)30-12-9-26(10-13-30)25(32)28-23(29-26)20-6-4-3-5-7-20/h8,15-17,20,33H,3-7,9-14H2,1-2H3,(H,27,31)(H,28,29,32)/b15-8+/t36-/m0/s1. The molecule has 36 heavy (non-hydrogen) atoms. The Kier molecular flexibility index (Phi) is 8.84. The number of nitrogens with one attached hydrogen (secondary N) is 2. The smallest absolute Gasteiger partial charge is 0.253 e. The van der Waals surface area contributed by atoms with Gasteiger partial charge in [0.25, 0.3) is 11.8 Å². The van der Waals surface area contributed by atoms with E-state index < -0.39 is 16.9 Å². The molecule has 0 aromatic heterocycles. The minimum atomic E-state index is -1.33. The minimum absolute atomic E-state index is 0.00307. The van der Waals surface area contributed by atoms with Crippen LogP contribution in [0.5, 0.6) is 0 Å². The number of amides is 2. The largest absolute Gasteiger partial charge is 0.593 e. The van der Waals surface area contributed by atoms with E-state index in [0.29, 0.717) is 37.4 Å². The molecular weight excluding hydrogens is 480 g/mol. The lowest BCUT2D eigenvalue weighted by Crippen LogP contribution is -2.50. The number of carbonyl (C=O) groups is 2. The molecular formula is C26H36N4O5S. The molecule has 1 saturated carbocycles. The molecule has 2 fully saturated rings. The van der Waals surface area contributed by atoms with Crippen molar-refractivity contribution in [2.45, 2.75) is 64.3 Å². The van der Waals surface area contributed by atoms with E-state index in [1.54, 1.807) is 17.5 Å². The molecule has 1 atom stereocenters. The van der Waals surface area contributed by atoms with Gasteiger partial charge in [-0.1, -0.05) is 19.3 Å². The molecule has 1 spiro atoms. The van der Waals surface area contributed by atoms with Crippen molar-refractivity contribution in [3.63, 3.8) is 0 Å². The number of aliphatic imine (C=N–C) groups is 1. The van der Waals surface area contributed by atoms with Gasteiger partial charge in [0.2, 0.25) is 0 Å². The van der Waals surface area contributed by atoms with Gasteiger partial charge < -0.3 is 15.2 Å². The zero-order valence-electron chi connectivity index (χ0n) is 21.0. The predicted octanol–water partition coefficient (Wildman–Crippen LogP) is 3.10. The van der Waals surface area contributed by atoms with E-state index in [-0.39, 0.29) is 25.0 Å². The van der Waals surface area contributed by atoms with E-state index in [0.717, 1.165) is 35.4 Å². The number of benzene rings is 1. The summed E-state index contributed by atoms with van der Waals surface area (Å²) >= 11 is -1.33. The Balaban J connectivity index is 1.36. The summed E-state index contributed by atoms with van der Waals surface area (Å²) in [5.74, 6) is 1.00. The fourth-order valence-electron chi connectivity index (χ4n) is 5.38. The van der Waals surface area contributed by atoms with Crippen LogP contribution >= 0.6 is 0 Å². The highest BCUT2D eigenvalue weighted by Gasteiger charge is 2.48. The molecule has 2 heterocycles. The second-order valence-corrected chi connectivity index (χ2v) is 11.3. The van der Waals surface area contributed by atoms with Gasteiger partial charge in [-0.05, 0) is 74.4 Å². The summed E-state index contributed by atoms with van der Waals surface area (Å²) in [7, 11) is 0. The van der Waals surface area contributed by atoms with Crippen molar-refractivity contribution in [2.24, 2.45) is 10.9 Å². The van der Waals surface area contributed by atoms with E-state index >= 15 is 0 Å². The SMILES string of the molecule is Cc1cc(C(=O)NCCOO)cc(C)c1/C=C/[S@+]([O-])N1CCC2(CC1)N=C(C1CCCCC1)NC2=O. The van der Waals surface area contributed by atoms with E-state index in [1.165, 1.54) is 19.3 Å². The molecule has 2 amide bonds. The van der Waals surface area contributed by atoms with Crippen molar-refractivity contribution in [1.29, 1.82) is 0 Å². The first-order chi connectivity index (χ1) is 17.3. The number of piperidine rings is 1. The molecule has 0 unspecified atom stereocenters. The average Bonchev–Trinajstić information content (AvgIpc) is 3.19. The first kappa shape index (κ1) is 26.8. The highest BCUT2D eigenvalue weighted by molar-refractivity contribution is 7.92. The number of amidine groups is 1. The van der Waals surface area contributed by atoms with E-state index in [1.807, 2.05) is 24.2 Å². The van der Waals surface area contributed by atoms with Gasteiger partial charge in [0.1, 0.15) is 16.8 Å². The van der Waals surface area contributed by atoms with Crippen LogP contribution < -0.4 is 10.6 Å². The maximum absolute atomic E-state index is 13.0. The highest BCUT2D eigenvalue weighted by Crippen LogP contribution is 2.35. The van der Waals surface area contributed by atoms with Crippen LogP contribution in [-0.4, -0.2) is 63.5 Å². The molecule has 9 nitrogen and oxygen atoms in total. The Morgan fingerprint density at radius 2 is 1.94 bits per heavy atom. The molecule has 196 valence electrons. The van der Waals surface area contributed by atoms with E-state index in [4.69, 9.17) is 10.2 Å². The van der Waals surface area contributed by atoms with Gasteiger partial charge >= 0.3 is 0 Å². The Labute approximate surface area is 215 Å². The van der Waals surface area contributed by atoms with Crippen LogP contribution in [0.4, 0.5) is 0 Å². The molecule has 4 rings (SSSR count). The molecule has 1 saturated heterocycles. The Bertz CT molecular complexity index is 1010. The van der Waals surface area contributed by atoms with Crippen LogP contribution in [0, 0.1) is 19.8 Å². The van der Waals surface area contributed by atoms with Crippen LogP contribution in [0.3, 0.4) is 0 Å². The van der Waals surface area contributed by atoms with Gasteiger partial charge in [-0.25, -0.2) is 4.89 Å². The molecule has 1 aromatic carbocycles. The molecule has 1 aliphatic carbocycles. The summed E-state index contributed by atoms with van der Waals surface area (Å²) in [4.78, 5) is 34.0. The lowest BCUT2D eigenvalue weighted by atomic mass is 9.88. The third-order valence-corrected chi connectivity index (χ3v) is 8.72. The quantitative estimate of drug-likeness (QED) is 0.211. The average molecular weight is 517 g/mol. The second-order valence-electron chi connectivity index (χ2n) is 9.94. The van der Waals surface area contributed by atoms with Crippen LogP contribution in [0.2, 0.25) is 0 Å². The first-order valence-corrected chi connectivity index (χ1v) is 13.9.